The fourth-order valence-corrected chi connectivity index (χ4v) is 5.46. The van der Waals surface area contributed by atoms with E-state index < -0.39 is 40.2 Å². The topological polar surface area (TPSA) is 86.8 Å². The molecule has 0 aliphatic carbocycles. The van der Waals surface area contributed by atoms with Crippen LogP contribution in [0, 0.1) is 19.7 Å². The normalized spacial score (nSPS) is 12.2. The van der Waals surface area contributed by atoms with Crippen LogP contribution in [0.3, 0.4) is 0 Å². The highest BCUT2D eigenvalue weighted by molar-refractivity contribution is 7.92. The molecule has 2 amide bonds. The Labute approximate surface area is 234 Å². The van der Waals surface area contributed by atoms with Crippen molar-refractivity contribution in [2.24, 2.45) is 0 Å². The van der Waals surface area contributed by atoms with Crippen molar-refractivity contribution in [3.05, 3.63) is 94.3 Å². The van der Waals surface area contributed by atoms with E-state index in [-0.39, 0.29) is 23.2 Å². The van der Waals surface area contributed by atoms with Crippen molar-refractivity contribution in [3.8, 4) is 0 Å². The number of halogens is 2. The molecule has 0 radical (unpaired) electrons. The molecule has 3 rings (SSSR count). The second-order valence-electron chi connectivity index (χ2n) is 9.75. The van der Waals surface area contributed by atoms with Gasteiger partial charge < -0.3 is 10.2 Å². The third kappa shape index (κ3) is 7.58. The number of sulfonamides is 1. The fraction of sp³-hybridized carbons (Fsp3) is 0.310. The minimum absolute atomic E-state index is 0.00767. The van der Waals surface area contributed by atoms with E-state index in [9.17, 15) is 22.4 Å². The van der Waals surface area contributed by atoms with Crippen LogP contribution in [-0.4, -0.2) is 43.8 Å². The van der Waals surface area contributed by atoms with E-state index in [1.165, 1.54) is 47.4 Å². The van der Waals surface area contributed by atoms with Gasteiger partial charge in [-0.3, -0.25) is 13.9 Å². The summed E-state index contributed by atoms with van der Waals surface area (Å²) >= 11 is 6.33. The number of carbonyl (C=O) groups excluding carboxylic acids is 2. The Hall–Kier alpha value is -3.43. The Kier molecular flexibility index (Phi) is 9.74. The molecule has 0 fully saturated rings. The summed E-state index contributed by atoms with van der Waals surface area (Å²) in [6.07, 6.45) is 0. The Morgan fingerprint density at radius 1 is 0.949 bits per heavy atom. The maximum atomic E-state index is 13.8. The van der Waals surface area contributed by atoms with Crippen molar-refractivity contribution in [1.29, 1.82) is 0 Å². The SMILES string of the molecule is Cc1ccc(S(=O)(=O)N(CC(=O)N(Cc2ccc(F)cc2)C(C)C(=O)NC(C)C)c2ccc(C)c(Cl)c2)cc1. The average Bonchev–Trinajstić information content (AvgIpc) is 2.88. The van der Waals surface area contributed by atoms with E-state index in [4.69, 9.17) is 11.6 Å². The molecule has 7 nitrogen and oxygen atoms in total. The van der Waals surface area contributed by atoms with Gasteiger partial charge in [0.15, 0.2) is 0 Å². The van der Waals surface area contributed by atoms with E-state index in [1.54, 1.807) is 52.0 Å². The quantitative estimate of drug-likeness (QED) is 0.360. The van der Waals surface area contributed by atoms with Crippen molar-refractivity contribution in [3.63, 3.8) is 0 Å². The summed E-state index contributed by atoms with van der Waals surface area (Å²) in [6, 6.07) is 15.5. The third-order valence-electron chi connectivity index (χ3n) is 6.20. The molecule has 0 spiro atoms. The first-order chi connectivity index (χ1) is 18.3. The molecule has 3 aromatic carbocycles. The molecule has 1 unspecified atom stereocenters. The van der Waals surface area contributed by atoms with Crippen LogP contribution in [0.4, 0.5) is 10.1 Å². The molecule has 0 aromatic heterocycles. The van der Waals surface area contributed by atoms with Gasteiger partial charge in [-0.1, -0.05) is 47.5 Å². The van der Waals surface area contributed by atoms with Gasteiger partial charge in [-0.05, 0) is 82.1 Å². The van der Waals surface area contributed by atoms with Crippen LogP contribution in [0.1, 0.15) is 37.5 Å². The van der Waals surface area contributed by atoms with Gasteiger partial charge in [-0.2, -0.15) is 0 Å². The lowest BCUT2D eigenvalue weighted by Gasteiger charge is -2.32. The second-order valence-corrected chi connectivity index (χ2v) is 12.0. The van der Waals surface area contributed by atoms with Crippen molar-refractivity contribution < 1.29 is 22.4 Å². The summed E-state index contributed by atoms with van der Waals surface area (Å²) in [6.45, 7) is 8.18. The lowest BCUT2D eigenvalue weighted by Crippen LogP contribution is -2.52. The molecule has 3 aromatic rings. The van der Waals surface area contributed by atoms with Gasteiger partial charge in [0.2, 0.25) is 11.8 Å². The van der Waals surface area contributed by atoms with E-state index in [2.05, 4.69) is 5.32 Å². The first-order valence-electron chi connectivity index (χ1n) is 12.5. The maximum Gasteiger partial charge on any atom is 0.264 e. The highest BCUT2D eigenvalue weighted by Crippen LogP contribution is 2.28. The van der Waals surface area contributed by atoms with Gasteiger partial charge in [0, 0.05) is 17.6 Å². The third-order valence-corrected chi connectivity index (χ3v) is 8.39. The van der Waals surface area contributed by atoms with Gasteiger partial charge in [-0.25, -0.2) is 12.8 Å². The minimum Gasteiger partial charge on any atom is -0.352 e. The van der Waals surface area contributed by atoms with Gasteiger partial charge in [0.1, 0.15) is 18.4 Å². The molecule has 0 aliphatic rings. The molecule has 0 heterocycles. The predicted molar refractivity (Wildman–Crippen MR) is 152 cm³/mol. The molecular weight excluding hydrogens is 541 g/mol. The Morgan fingerprint density at radius 3 is 2.13 bits per heavy atom. The van der Waals surface area contributed by atoms with Crippen LogP contribution in [0.25, 0.3) is 0 Å². The minimum atomic E-state index is -4.20. The average molecular weight is 574 g/mol. The first kappa shape index (κ1) is 30.1. The maximum absolute atomic E-state index is 13.8. The molecule has 1 N–H and O–H groups in total. The van der Waals surface area contributed by atoms with Crippen molar-refractivity contribution >= 4 is 39.1 Å². The second kappa shape index (κ2) is 12.6. The first-order valence-corrected chi connectivity index (χ1v) is 14.3. The lowest BCUT2D eigenvalue weighted by molar-refractivity contribution is -0.139. The number of carbonyl (C=O) groups is 2. The monoisotopic (exact) mass is 573 g/mol. The largest absolute Gasteiger partial charge is 0.352 e. The molecule has 10 heteroatoms. The summed E-state index contributed by atoms with van der Waals surface area (Å²) in [7, 11) is -4.20. The van der Waals surface area contributed by atoms with Crippen LogP contribution < -0.4 is 9.62 Å². The zero-order chi connectivity index (χ0) is 28.9. The van der Waals surface area contributed by atoms with Crippen LogP contribution in [0.15, 0.2) is 71.6 Å². The molecule has 1 atom stereocenters. The molecule has 39 heavy (non-hydrogen) atoms. The number of hydrogen-bond acceptors (Lipinski definition) is 4. The Bertz CT molecular complexity index is 1430. The summed E-state index contributed by atoms with van der Waals surface area (Å²) in [5.41, 5.74) is 2.42. The highest BCUT2D eigenvalue weighted by Gasteiger charge is 2.33. The van der Waals surface area contributed by atoms with E-state index >= 15 is 0 Å². The summed E-state index contributed by atoms with van der Waals surface area (Å²) in [4.78, 5) is 28.1. The molecule has 0 aliphatic heterocycles. The molecule has 0 saturated carbocycles. The number of rotatable bonds is 10. The van der Waals surface area contributed by atoms with E-state index in [0.29, 0.717) is 10.6 Å². The summed E-state index contributed by atoms with van der Waals surface area (Å²) in [5, 5.41) is 3.14. The molecular formula is C29H33ClFN3O4S. The highest BCUT2D eigenvalue weighted by atomic mass is 35.5. The number of nitrogens with one attached hydrogen (secondary N) is 1. The van der Waals surface area contributed by atoms with Crippen LogP contribution in [0.5, 0.6) is 0 Å². The van der Waals surface area contributed by atoms with Crippen LogP contribution in [0.2, 0.25) is 5.02 Å². The molecule has 0 bridgehead atoms. The predicted octanol–water partition coefficient (Wildman–Crippen LogP) is 5.23. The van der Waals surface area contributed by atoms with E-state index in [1.807, 2.05) is 6.92 Å². The van der Waals surface area contributed by atoms with Gasteiger partial charge in [0.05, 0.1) is 10.6 Å². The Morgan fingerprint density at radius 2 is 1.56 bits per heavy atom. The standard InChI is InChI=1S/C29H33ClFN3O4S/c1-19(2)32-29(36)22(5)33(17-23-9-11-24(31)12-10-23)28(35)18-34(25-13-8-21(4)27(30)16-25)39(37,38)26-14-6-20(3)7-15-26/h6-16,19,22H,17-18H2,1-5H3,(H,32,36). The zero-order valence-electron chi connectivity index (χ0n) is 22.6. The van der Waals surface area contributed by atoms with Gasteiger partial charge in [0.25, 0.3) is 10.0 Å². The summed E-state index contributed by atoms with van der Waals surface area (Å²) in [5.74, 6) is -1.45. The summed E-state index contributed by atoms with van der Waals surface area (Å²) < 4.78 is 42.2. The van der Waals surface area contributed by atoms with Crippen molar-refractivity contribution in [1.82, 2.24) is 10.2 Å². The lowest BCUT2D eigenvalue weighted by atomic mass is 10.1. The zero-order valence-corrected chi connectivity index (χ0v) is 24.2. The number of aryl methyl sites for hydroxylation is 2. The number of hydrogen-bond donors (Lipinski definition) is 1. The molecule has 208 valence electrons. The number of nitrogens with zero attached hydrogens (tertiary/aromatic N) is 2. The number of amides is 2. The van der Waals surface area contributed by atoms with Gasteiger partial charge in [-0.15, -0.1) is 0 Å². The smallest absolute Gasteiger partial charge is 0.264 e. The van der Waals surface area contributed by atoms with Crippen LogP contribution in [-0.2, 0) is 26.2 Å². The number of anilines is 1. The Balaban J connectivity index is 2.05. The van der Waals surface area contributed by atoms with E-state index in [0.717, 1.165) is 15.4 Å². The van der Waals surface area contributed by atoms with Crippen LogP contribution >= 0.6 is 11.6 Å². The van der Waals surface area contributed by atoms with Gasteiger partial charge >= 0.3 is 0 Å². The molecule has 0 saturated heterocycles. The van der Waals surface area contributed by atoms with Crippen molar-refractivity contribution in [2.45, 2.75) is 58.1 Å². The fourth-order valence-electron chi connectivity index (χ4n) is 3.88. The van der Waals surface area contributed by atoms with Crippen molar-refractivity contribution in [2.75, 3.05) is 10.8 Å². The number of benzene rings is 3.